The summed E-state index contributed by atoms with van der Waals surface area (Å²) in [5.74, 6) is 0.410. The van der Waals surface area contributed by atoms with Crippen LogP contribution in [0.1, 0.15) is 11.1 Å². The van der Waals surface area contributed by atoms with E-state index in [0.717, 1.165) is 12.1 Å². The molecule has 0 unspecified atom stereocenters. The van der Waals surface area contributed by atoms with E-state index in [-0.39, 0.29) is 11.1 Å². The Balaban J connectivity index is 3.41. The molecule has 0 atom stereocenters. The van der Waals surface area contributed by atoms with E-state index in [9.17, 15) is 8.78 Å². The highest BCUT2D eigenvalue weighted by Crippen LogP contribution is 2.12. The van der Waals surface area contributed by atoms with Gasteiger partial charge in [0, 0.05) is 0 Å². The Labute approximate surface area is 68.2 Å². The Morgan fingerprint density at radius 1 is 1.17 bits per heavy atom. The number of benzene rings is 1. The van der Waals surface area contributed by atoms with E-state index in [1.165, 1.54) is 6.07 Å². The fourth-order valence-corrected chi connectivity index (χ4v) is 0.743. The molecule has 0 radical (unpaired) electrons. The standard InChI is InChI=1S/C9H3F2N/c1-2-6-3-9(11)7(5-12)4-8(6)10/h1,3-4H. The van der Waals surface area contributed by atoms with Crippen LogP contribution < -0.4 is 0 Å². The Morgan fingerprint density at radius 3 is 2.17 bits per heavy atom. The van der Waals surface area contributed by atoms with E-state index >= 15 is 0 Å². The van der Waals surface area contributed by atoms with Gasteiger partial charge in [-0.1, -0.05) is 5.92 Å². The zero-order valence-corrected chi connectivity index (χ0v) is 5.94. The van der Waals surface area contributed by atoms with E-state index in [1.807, 2.05) is 5.92 Å². The first-order valence-electron chi connectivity index (χ1n) is 3.04. The van der Waals surface area contributed by atoms with Crippen LogP contribution in [-0.2, 0) is 0 Å². The van der Waals surface area contributed by atoms with Crippen molar-refractivity contribution in [1.82, 2.24) is 0 Å². The van der Waals surface area contributed by atoms with Crippen LogP contribution in [0, 0.1) is 35.3 Å². The second-order valence-electron chi connectivity index (χ2n) is 2.07. The summed E-state index contributed by atoms with van der Waals surface area (Å²) in [4.78, 5) is 0. The van der Waals surface area contributed by atoms with Crippen LogP contribution in [0.25, 0.3) is 0 Å². The van der Waals surface area contributed by atoms with E-state index in [1.54, 1.807) is 0 Å². The van der Waals surface area contributed by atoms with Crippen LogP contribution in [0.3, 0.4) is 0 Å². The molecular formula is C9H3F2N. The SMILES string of the molecule is C#Cc1cc(F)c(C#N)cc1F. The van der Waals surface area contributed by atoms with Crippen LogP contribution in [0.4, 0.5) is 8.78 Å². The summed E-state index contributed by atoms with van der Waals surface area (Å²) in [7, 11) is 0. The lowest BCUT2D eigenvalue weighted by atomic mass is 10.1. The second-order valence-corrected chi connectivity index (χ2v) is 2.07. The minimum atomic E-state index is -0.799. The molecule has 3 heteroatoms. The minimum absolute atomic E-state index is 0.175. The van der Waals surface area contributed by atoms with Crippen molar-refractivity contribution in [1.29, 1.82) is 5.26 Å². The topological polar surface area (TPSA) is 23.8 Å². The van der Waals surface area contributed by atoms with Gasteiger partial charge in [0.25, 0.3) is 0 Å². The van der Waals surface area contributed by atoms with E-state index in [0.29, 0.717) is 0 Å². The quantitative estimate of drug-likeness (QED) is 0.535. The fourth-order valence-electron chi connectivity index (χ4n) is 0.743. The lowest BCUT2D eigenvalue weighted by Gasteiger charge is -1.96. The molecule has 0 heterocycles. The first kappa shape index (κ1) is 8.23. The van der Waals surface area contributed by atoms with E-state index in [2.05, 4.69) is 0 Å². The summed E-state index contributed by atoms with van der Waals surface area (Å²) in [6.45, 7) is 0. The lowest BCUT2D eigenvalue weighted by Crippen LogP contribution is -1.90. The third-order valence-electron chi connectivity index (χ3n) is 1.33. The number of halogens is 2. The highest BCUT2D eigenvalue weighted by Gasteiger charge is 2.06. The molecule has 0 saturated carbocycles. The van der Waals surface area contributed by atoms with Crippen LogP contribution in [0.2, 0.25) is 0 Å². The molecule has 0 amide bonds. The summed E-state index contributed by atoms with van der Waals surface area (Å²) in [5.41, 5.74) is -0.516. The van der Waals surface area contributed by atoms with Gasteiger partial charge in [0.05, 0.1) is 11.1 Å². The van der Waals surface area contributed by atoms with Crippen molar-refractivity contribution in [2.24, 2.45) is 0 Å². The maximum atomic E-state index is 12.8. The Bertz CT molecular complexity index is 356. The second kappa shape index (κ2) is 3.02. The third-order valence-corrected chi connectivity index (χ3v) is 1.33. The van der Waals surface area contributed by atoms with Gasteiger partial charge in [0.1, 0.15) is 17.7 Å². The van der Waals surface area contributed by atoms with Gasteiger partial charge in [-0.3, -0.25) is 0 Å². The zero-order chi connectivity index (χ0) is 9.14. The highest BCUT2D eigenvalue weighted by atomic mass is 19.1. The highest BCUT2D eigenvalue weighted by molar-refractivity contribution is 5.41. The third kappa shape index (κ3) is 1.26. The average Bonchev–Trinajstić information content (AvgIpc) is 2.08. The first-order chi connectivity index (χ1) is 5.69. The van der Waals surface area contributed by atoms with Crippen LogP contribution in [-0.4, -0.2) is 0 Å². The van der Waals surface area contributed by atoms with Gasteiger partial charge in [-0.15, -0.1) is 6.42 Å². The van der Waals surface area contributed by atoms with E-state index in [4.69, 9.17) is 11.7 Å². The van der Waals surface area contributed by atoms with Gasteiger partial charge >= 0.3 is 0 Å². The molecule has 0 spiro atoms. The largest absolute Gasteiger partial charge is 0.206 e. The fraction of sp³-hybridized carbons (Fsp3) is 0. The summed E-state index contributed by atoms with van der Waals surface area (Å²) in [5, 5.41) is 8.30. The van der Waals surface area contributed by atoms with Crippen molar-refractivity contribution in [3.63, 3.8) is 0 Å². The monoisotopic (exact) mass is 163 g/mol. The van der Waals surface area contributed by atoms with Crippen molar-refractivity contribution in [2.75, 3.05) is 0 Å². The van der Waals surface area contributed by atoms with Crippen molar-refractivity contribution in [3.8, 4) is 18.4 Å². The molecule has 1 aromatic rings. The summed E-state index contributed by atoms with van der Waals surface area (Å²) < 4.78 is 25.5. The molecule has 1 nitrogen and oxygen atoms in total. The first-order valence-corrected chi connectivity index (χ1v) is 3.04. The maximum absolute atomic E-state index is 12.8. The van der Waals surface area contributed by atoms with Gasteiger partial charge in [-0.25, -0.2) is 8.78 Å². The average molecular weight is 163 g/mol. The number of hydrogen-bond donors (Lipinski definition) is 0. The molecule has 0 aliphatic rings. The molecular weight excluding hydrogens is 160 g/mol. The van der Waals surface area contributed by atoms with Crippen molar-refractivity contribution in [2.45, 2.75) is 0 Å². The molecule has 0 aromatic heterocycles. The molecule has 0 saturated heterocycles. The van der Waals surface area contributed by atoms with Crippen LogP contribution >= 0.6 is 0 Å². The van der Waals surface area contributed by atoms with Gasteiger partial charge in [0.15, 0.2) is 0 Å². The molecule has 1 aromatic carbocycles. The number of rotatable bonds is 0. The van der Waals surface area contributed by atoms with E-state index < -0.39 is 11.6 Å². The minimum Gasteiger partial charge on any atom is -0.206 e. The normalized spacial score (nSPS) is 8.67. The van der Waals surface area contributed by atoms with Crippen LogP contribution in [0.5, 0.6) is 0 Å². The Kier molecular flexibility index (Phi) is 2.07. The van der Waals surface area contributed by atoms with Gasteiger partial charge < -0.3 is 0 Å². The number of hydrogen-bond acceptors (Lipinski definition) is 1. The molecule has 1 rings (SSSR count). The molecule has 0 N–H and O–H groups in total. The van der Waals surface area contributed by atoms with Crippen molar-refractivity contribution < 1.29 is 8.78 Å². The zero-order valence-electron chi connectivity index (χ0n) is 5.94. The number of nitrogens with zero attached hydrogens (tertiary/aromatic N) is 1. The van der Waals surface area contributed by atoms with Gasteiger partial charge in [-0.2, -0.15) is 5.26 Å². The molecule has 0 bridgehead atoms. The predicted octanol–water partition coefficient (Wildman–Crippen LogP) is 1.82. The Morgan fingerprint density at radius 2 is 1.67 bits per heavy atom. The van der Waals surface area contributed by atoms with Gasteiger partial charge in [-0.05, 0) is 12.1 Å². The van der Waals surface area contributed by atoms with Crippen molar-refractivity contribution in [3.05, 3.63) is 34.9 Å². The molecule has 0 aliphatic heterocycles. The van der Waals surface area contributed by atoms with Crippen molar-refractivity contribution >= 4 is 0 Å². The number of nitriles is 1. The van der Waals surface area contributed by atoms with Gasteiger partial charge in [0.2, 0.25) is 0 Å². The predicted molar refractivity (Wildman–Crippen MR) is 39.0 cm³/mol. The molecule has 12 heavy (non-hydrogen) atoms. The summed E-state index contributed by atoms with van der Waals surface area (Å²) in [6, 6.07) is 3.11. The molecule has 58 valence electrons. The number of terminal acetylenes is 1. The smallest absolute Gasteiger partial charge is 0.142 e. The Hall–Kier alpha value is -1.87. The maximum Gasteiger partial charge on any atom is 0.142 e. The van der Waals surface area contributed by atoms with Crippen LogP contribution in [0.15, 0.2) is 12.1 Å². The molecule has 0 fully saturated rings. The summed E-state index contributed by atoms with van der Waals surface area (Å²) >= 11 is 0. The summed E-state index contributed by atoms with van der Waals surface area (Å²) in [6.07, 6.45) is 4.87. The lowest BCUT2D eigenvalue weighted by molar-refractivity contribution is 0.594. The molecule has 0 aliphatic carbocycles.